The van der Waals surface area contributed by atoms with Gasteiger partial charge in [-0.1, -0.05) is 127 Å². The monoisotopic (exact) mass is 663 g/mol. The number of para-hydroxylation sites is 3. The highest BCUT2D eigenvalue weighted by Gasteiger charge is 2.21. The molecule has 10 aromatic rings. The van der Waals surface area contributed by atoms with Gasteiger partial charge in [-0.15, -0.1) is 0 Å². The van der Waals surface area contributed by atoms with Crippen molar-refractivity contribution in [2.75, 3.05) is 0 Å². The topological polar surface area (TPSA) is 59.4 Å². The minimum atomic E-state index is 0.457. The van der Waals surface area contributed by atoms with Gasteiger partial charge in [0.2, 0.25) is 0 Å². The van der Waals surface area contributed by atoms with E-state index < -0.39 is 0 Å². The first-order valence-electron chi connectivity index (χ1n) is 17.3. The lowest BCUT2D eigenvalue weighted by Gasteiger charge is -2.13. The largest absolute Gasteiger partial charge is 0.309 e. The molecule has 7 aromatic carbocycles. The SMILES string of the molecule is N#Cc1c(-c2ccccc2)nc(-c2ccc3c4cc5c(cc4n(-c4ccccc4)c3c2)c2ccccc2n5-c2ccccc2)nc1-c1ccccc1. The summed E-state index contributed by atoms with van der Waals surface area (Å²) in [6, 6.07) is 63.2. The van der Waals surface area contributed by atoms with E-state index in [0.29, 0.717) is 22.8 Å². The predicted molar refractivity (Wildman–Crippen MR) is 212 cm³/mol. The quantitative estimate of drug-likeness (QED) is 0.184. The van der Waals surface area contributed by atoms with Gasteiger partial charge in [-0.25, -0.2) is 9.97 Å². The lowest BCUT2D eigenvalue weighted by Crippen LogP contribution is -2.01. The van der Waals surface area contributed by atoms with Crippen LogP contribution in [0.3, 0.4) is 0 Å². The summed E-state index contributed by atoms with van der Waals surface area (Å²) in [5.74, 6) is 0.565. The highest BCUT2D eigenvalue weighted by Crippen LogP contribution is 2.41. The Morgan fingerprint density at radius 1 is 0.385 bits per heavy atom. The van der Waals surface area contributed by atoms with Crippen molar-refractivity contribution >= 4 is 43.6 Å². The summed E-state index contributed by atoms with van der Waals surface area (Å²) in [4.78, 5) is 10.2. The van der Waals surface area contributed by atoms with Crippen molar-refractivity contribution in [3.8, 4) is 51.3 Å². The van der Waals surface area contributed by atoms with Crippen molar-refractivity contribution in [2.24, 2.45) is 0 Å². The van der Waals surface area contributed by atoms with Crippen LogP contribution in [0.2, 0.25) is 0 Å². The van der Waals surface area contributed by atoms with Crippen molar-refractivity contribution in [2.45, 2.75) is 0 Å². The first kappa shape index (κ1) is 29.6. The van der Waals surface area contributed by atoms with E-state index in [1.165, 1.54) is 16.3 Å². The minimum Gasteiger partial charge on any atom is -0.309 e. The van der Waals surface area contributed by atoms with Gasteiger partial charge >= 0.3 is 0 Å². The van der Waals surface area contributed by atoms with Crippen LogP contribution in [0, 0.1) is 11.3 Å². The highest BCUT2D eigenvalue weighted by atomic mass is 15.0. The molecule has 5 nitrogen and oxygen atoms in total. The number of hydrogen-bond acceptors (Lipinski definition) is 3. The second-order valence-electron chi connectivity index (χ2n) is 12.9. The Morgan fingerprint density at radius 3 is 1.37 bits per heavy atom. The molecule has 0 spiro atoms. The fourth-order valence-corrected chi connectivity index (χ4v) is 7.63. The molecule has 0 N–H and O–H groups in total. The van der Waals surface area contributed by atoms with Crippen LogP contribution in [0.5, 0.6) is 0 Å². The fraction of sp³-hybridized carbons (Fsp3) is 0. The summed E-state index contributed by atoms with van der Waals surface area (Å²) in [5, 5.41) is 15.2. The number of nitrogens with zero attached hydrogens (tertiary/aromatic N) is 5. The van der Waals surface area contributed by atoms with Crippen LogP contribution in [0.15, 0.2) is 176 Å². The van der Waals surface area contributed by atoms with Crippen LogP contribution in [0.4, 0.5) is 0 Å². The molecule has 0 aliphatic heterocycles. The molecule has 242 valence electrons. The Balaban J connectivity index is 1.28. The normalized spacial score (nSPS) is 11.4. The molecule has 10 rings (SSSR count). The first-order chi connectivity index (χ1) is 25.8. The van der Waals surface area contributed by atoms with E-state index in [-0.39, 0.29) is 0 Å². The molecule has 3 aromatic heterocycles. The van der Waals surface area contributed by atoms with Crippen molar-refractivity contribution < 1.29 is 0 Å². The predicted octanol–water partition coefficient (Wildman–Crippen LogP) is 11.5. The Labute approximate surface area is 299 Å². The average molecular weight is 664 g/mol. The molecular weight excluding hydrogens is 635 g/mol. The lowest BCUT2D eigenvalue weighted by atomic mass is 10.00. The average Bonchev–Trinajstić information content (AvgIpc) is 3.72. The van der Waals surface area contributed by atoms with Gasteiger partial charge in [0, 0.05) is 49.6 Å². The van der Waals surface area contributed by atoms with Gasteiger partial charge in [-0.2, -0.15) is 5.26 Å². The van der Waals surface area contributed by atoms with Crippen LogP contribution < -0.4 is 0 Å². The lowest BCUT2D eigenvalue weighted by molar-refractivity contribution is 1.16. The number of hydrogen-bond donors (Lipinski definition) is 0. The molecule has 0 saturated heterocycles. The molecule has 3 heterocycles. The molecule has 0 aliphatic carbocycles. The zero-order chi connectivity index (χ0) is 34.6. The van der Waals surface area contributed by atoms with E-state index in [4.69, 9.17) is 9.97 Å². The molecule has 0 unspecified atom stereocenters. The maximum atomic E-state index is 10.5. The summed E-state index contributed by atoms with van der Waals surface area (Å²) in [7, 11) is 0. The summed E-state index contributed by atoms with van der Waals surface area (Å²) in [6.07, 6.45) is 0. The zero-order valence-electron chi connectivity index (χ0n) is 28.0. The van der Waals surface area contributed by atoms with Gasteiger partial charge in [-0.05, 0) is 48.5 Å². The Morgan fingerprint density at radius 2 is 0.827 bits per heavy atom. The maximum absolute atomic E-state index is 10.5. The first-order valence-corrected chi connectivity index (χ1v) is 17.3. The van der Waals surface area contributed by atoms with Crippen molar-refractivity contribution in [1.82, 2.24) is 19.1 Å². The molecule has 0 atom stereocenters. The second kappa shape index (κ2) is 11.9. The smallest absolute Gasteiger partial charge is 0.160 e. The van der Waals surface area contributed by atoms with Gasteiger partial charge in [-0.3, -0.25) is 0 Å². The van der Waals surface area contributed by atoms with Crippen molar-refractivity contribution in [3.63, 3.8) is 0 Å². The summed E-state index contributed by atoms with van der Waals surface area (Å²) < 4.78 is 4.72. The fourth-order valence-electron chi connectivity index (χ4n) is 7.63. The maximum Gasteiger partial charge on any atom is 0.160 e. The number of nitriles is 1. The summed E-state index contributed by atoms with van der Waals surface area (Å²) in [5.41, 5.74) is 11.0. The minimum absolute atomic E-state index is 0.457. The Bertz CT molecular complexity index is 2930. The molecule has 5 heteroatoms. The Hall–Kier alpha value is -7.29. The summed E-state index contributed by atoms with van der Waals surface area (Å²) in [6.45, 7) is 0. The third-order valence-corrected chi connectivity index (χ3v) is 9.96. The third-order valence-electron chi connectivity index (χ3n) is 9.96. The zero-order valence-corrected chi connectivity index (χ0v) is 28.0. The molecule has 0 saturated carbocycles. The van der Waals surface area contributed by atoms with E-state index in [1.54, 1.807) is 0 Å². The molecule has 52 heavy (non-hydrogen) atoms. The molecule has 0 aliphatic rings. The third kappa shape index (κ3) is 4.63. The molecular formula is C47H29N5. The highest BCUT2D eigenvalue weighted by molar-refractivity contribution is 6.19. The molecule has 0 radical (unpaired) electrons. The van der Waals surface area contributed by atoms with E-state index in [2.05, 4.69) is 130 Å². The van der Waals surface area contributed by atoms with Gasteiger partial charge < -0.3 is 9.13 Å². The number of benzene rings is 7. The van der Waals surface area contributed by atoms with Gasteiger partial charge in [0.05, 0.1) is 33.5 Å². The van der Waals surface area contributed by atoms with Crippen LogP contribution >= 0.6 is 0 Å². The number of fused-ring (bicyclic) bond motifs is 6. The number of aromatic nitrogens is 4. The molecule has 0 bridgehead atoms. The van der Waals surface area contributed by atoms with Crippen molar-refractivity contribution in [3.05, 3.63) is 181 Å². The van der Waals surface area contributed by atoms with Gasteiger partial charge in [0.1, 0.15) is 11.6 Å². The van der Waals surface area contributed by atoms with E-state index in [9.17, 15) is 5.26 Å². The van der Waals surface area contributed by atoms with E-state index >= 15 is 0 Å². The van der Waals surface area contributed by atoms with Crippen LogP contribution in [0.25, 0.3) is 88.9 Å². The van der Waals surface area contributed by atoms with Gasteiger partial charge in [0.25, 0.3) is 0 Å². The van der Waals surface area contributed by atoms with Crippen molar-refractivity contribution in [1.29, 1.82) is 5.26 Å². The van der Waals surface area contributed by atoms with Crippen LogP contribution in [-0.2, 0) is 0 Å². The standard InChI is InChI=1S/C47H29N5/c48-30-40-45(31-15-5-1-6-16-31)49-47(50-46(40)32-17-7-2-8-18-32)33-25-26-37-39-29-43-38(28-44(39)52(42(37)27-33)35-21-11-4-12-22-35)36-23-13-14-24-41(36)51(43)34-19-9-3-10-20-34/h1-29H. The van der Waals surface area contributed by atoms with Crippen LogP contribution in [-0.4, -0.2) is 19.1 Å². The Kier molecular flexibility index (Phi) is 6.80. The molecule has 0 amide bonds. The second-order valence-corrected chi connectivity index (χ2v) is 12.9. The van der Waals surface area contributed by atoms with E-state index in [1.807, 2.05) is 60.7 Å². The van der Waals surface area contributed by atoms with Gasteiger partial charge in [0.15, 0.2) is 5.82 Å². The number of rotatable bonds is 5. The summed E-state index contributed by atoms with van der Waals surface area (Å²) >= 11 is 0. The van der Waals surface area contributed by atoms with E-state index in [0.717, 1.165) is 55.4 Å². The van der Waals surface area contributed by atoms with Crippen LogP contribution in [0.1, 0.15) is 5.56 Å². The molecule has 0 fully saturated rings.